The molecule has 134 valence electrons. The van der Waals surface area contributed by atoms with Crippen LogP contribution in [0.2, 0.25) is 0 Å². The van der Waals surface area contributed by atoms with Gasteiger partial charge in [0.15, 0.2) is 11.5 Å². The molecule has 1 heterocycles. The minimum atomic E-state index is -0.568. The van der Waals surface area contributed by atoms with E-state index in [-0.39, 0.29) is 35.3 Å². The van der Waals surface area contributed by atoms with Gasteiger partial charge in [-0.1, -0.05) is 0 Å². The van der Waals surface area contributed by atoms with Crippen molar-refractivity contribution in [1.82, 2.24) is 10.2 Å². The minimum absolute atomic E-state index is 0. The molecule has 1 saturated heterocycles. The Kier molecular flexibility index (Phi) is 7.73. The third-order valence-corrected chi connectivity index (χ3v) is 3.64. The molecule has 0 bridgehead atoms. The third-order valence-electron chi connectivity index (χ3n) is 3.64. The second-order valence-corrected chi connectivity index (χ2v) is 5.11. The monoisotopic (exact) mass is 359 g/mol. The Morgan fingerprint density at radius 1 is 1.33 bits per heavy atom. The van der Waals surface area contributed by atoms with Crippen LogP contribution >= 0.6 is 12.4 Å². The van der Waals surface area contributed by atoms with Crippen LogP contribution < -0.4 is 14.8 Å². The van der Waals surface area contributed by atoms with Gasteiger partial charge in [-0.25, -0.2) is 0 Å². The maximum Gasteiger partial charge on any atom is 0.286 e. The molecule has 0 atom stereocenters. The second-order valence-electron chi connectivity index (χ2n) is 5.11. The van der Waals surface area contributed by atoms with Crippen LogP contribution in [0.25, 0.3) is 0 Å². The molecule has 1 aliphatic rings. The normalized spacial score (nSPS) is 14.3. The van der Waals surface area contributed by atoms with E-state index in [1.54, 1.807) is 11.8 Å². The van der Waals surface area contributed by atoms with Crippen molar-refractivity contribution >= 4 is 24.0 Å². The van der Waals surface area contributed by atoms with Gasteiger partial charge in [0.05, 0.1) is 24.7 Å². The van der Waals surface area contributed by atoms with Crippen LogP contribution in [0, 0.1) is 10.1 Å². The molecular weight excluding hydrogens is 338 g/mol. The summed E-state index contributed by atoms with van der Waals surface area (Å²) in [7, 11) is 1.41. The summed E-state index contributed by atoms with van der Waals surface area (Å²) in [5.41, 5.74) is -0.242. The van der Waals surface area contributed by atoms with E-state index in [1.165, 1.54) is 19.2 Å². The summed E-state index contributed by atoms with van der Waals surface area (Å²) < 4.78 is 10.6. The van der Waals surface area contributed by atoms with Gasteiger partial charge >= 0.3 is 0 Å². The van der Waals surface area contributed by atoms with Crippen molar-refractivity contribution in [3.8, 4) is 11.5 Å². The van der Waals surface area contributed by atoms with E-state index in [1.807, 2.05) is 0 Å². The van der Waals surface area contributed by atoms with Crippen LogP contribution in [0.5, 0.6) is 11.5 Å². The molecular formula is C15H22ClN3O5. The van der Waals surface area contributed by atoms with Crippen LogP contribution in [-0.4, -0.2) is 55.6 Å². The SMILES string of the molecule is CCOc1cc(C(=O)N2CCCNCC2)c([N+](=O)[O-])cc1OC.Cl. The van der Waals surface area contributed by atoms with Gasteiger partial charge in [0.2, 0.25) is 0 Å². The first-order valence-corrected chi connectivity index (χ1v) is 7.57. The summed E-state index contributed by atoms with van der Waals surface area (Å²) in [5.74, 6) is 0.216. The van der Waals surface area contributed by atoms with Gasteiger partial charge < -0.3 is 19.7 Å². The quantitative estimate of drug-likeness (QED) is 0.637. The number of carbonyl (C=O) groups is 1. The number of halogens is 1. The molecule has 0 radical (unpaired) electrons. The zero-order valence-corrected chi connectivity index (χ0v) is 14.6. The Hall–Kier alpha value is -2.06. The van der Waals surface area contributed by atoms with E-state index in [4.69, 9.17) is 9.47 Å². The number of nitrogens with one attached hydrogen (secondary N) is 1. The highest BCUT2D eigenvalue weighted by Gasteiger charge is 2.28. The number of nitro benzene ring substituents is 1. The molecule has 9 heteroatoms. The number of ether oxygens (including phenoxy) is 2. The standard InChI is InChI=1S/C15H21N3O5.ClH/c1-3-23-14-9-11(12(18(20)21)10-13(14)22-2)15(19)17-7-4-5-16-6-8-17;/h9-10,16H,3-8H2,1-2H3;1H. The van der Waals surface area contributed by atoms with Crippen LogP contribution in [0.4, 0.5) is 5.69 Å². The molecule has 0 unspecified atom stereocenters. The number of nitro groups is 1. The lowest BCUT2D eigenvalue weighted by molar-refractivity contribution is -0.385. The summed E-state index contributed by atoms with van der Waals surface area (Å²) in [6.45, 7) is 4.76. The Morgan fingerprint density at radius 3 is 2.71 bits per heavy atom. The highest BCUT2D eigenvalue weighted by atomic mass is 35.5. The first-order chi connectivity index (χ1) is 11.1. The van der Waals surface area contributed by atoms with Crippen molar-refractivity contribution in [2.45, 2.75) is 13.3 Å². The topological polar surface area (TPSA) is 93.9 Å². The number of hydrogen-bond donors (Lipinski definition) is 1. The van der Waals surface area contributed by atoms with E-state index < -0.39 is 4.92 Å². The van der Waals surface area contributed by atoms with Crippen molar-refractivity contribution in [2.75, 3.05) is 39.9 Å². The molecule has 1 aromatic carbocycles. The largest absolute Gasteiger partial charge is 0.493 e. The summed E-state index contributed by atoms with van der Waals surface area (Å²) in [6, 6.07) is 2.65. The van der Waals surface area contributed by atoms with Gasteiger partial charge in [0.1, 0.15) is 5.56 Å². The third kappa shape index (κ3) is 4.48. The van der Waals surface area contributed by atoms with E-state index >= 15 is 0 Å². The van der Waals surface area contributed by atoms with Gasteiger partial charge in [-0.3, -0.25) is 14.9 Å². The predicted molar refractivity (Wildman–Crippen MR) is 91.5 cm³/mol. The Labute approximate surface area is 146 Å². The zero-order chi connectivity index (χ0) is 16.8. The zero-order valence-electron chi connectivity index (χ0n) is 13.7. The molecule has 0 aromatic heterocycles. The maximum atomic E-state index is 12.7. The fourth-order valence-electron chi connectivity index (χ4n) is 2.52. The van der Waals surface area contributed by atoms with Gasteiger partial charge in [0, 0.05) is 25.7 Å². The lowest BCUT2D eigenvalue weighted by atomic mass is 10.1. The lowest BCUT2D eigenvalue weighted by Gasteiger charge is -2.20. The van der Waals surface area contributed by atoms with Gasteiger partial charge in [-0.15, -0.1) is 12.4 Å². The molecule has 0 aliphatic carbocycles. The average molecular weight is 360 g/mol. The highest BCUT2D eigenvalue weighted by molar-refractivity contribution is 5.99. The van der Waals surface area contributed by atoms with Crippen molar-refractivity contribution in [3.05, 3.63) is 27.8 Å². The Bertz CT molecular complexity index is 589. The van der Waals surface area contributed by atoms with E-state index in [0.29, 0.717) is 32.0 Å². The van der Waals surface area contributed by atoms with Crippen LogP contribution in [0.15, 0.2) is 12.1 Å². The van der Waals surface area contributed by atoms with Crippen LogP contribution in [-0.2, 0) is 0 Å². The highest BCUT2D eigenvalue weighted by Crippen LogP contribution is 2.35. The molecule has 8 nitrogen and oxygen atoms in total. The smallest absolute Gasteiger partial charge is 0.286 e. The van der Waals surface area contributed by atoms with E-state index in [9.17, 15) is 14.9 Å². The molecule has 0 saturated carbocycles. The predicted octanol–water partition coefficient (Wildman–Crippen LogP) is 1.86. The van der Waals surface area contributed by atoms with Crippen molar-refractivity contribution in [3.63, 3.8) is 0 Å². The number of hydrogen-bond acceptors (Lipinski definition) is 6. The summed E-state index contributed by atoms with van der Waals surface area (Å²) in [5, 5.41) is 14.5. The molecule has 1 N–H and O–H groups in total. The van der Waals surface area contributed by atoms with Gasteiger partial charge in [-0.05, 0) is 19.9 Å². The van der Waals surface area contributed by atoms with Crippen LogP contribution in [0.3, 0.4) is 0 Å². The second kappa shape index (κ2) is 9.29. The summed E-state index contributed by atoms with van der Waals surface area (Å²) >= 11 is 0. The fourth-order valence-corrected chi connectivity index (χ4v) is 2.52. The number of amides is 1. The molecule has 24 heavy (non-hydrogen) atoms. The Morgan fingerprint density at radius 2 is 2.08 bits per heavy atom. The van der Waals surface area contributed by atoms with E-state index in [0.717, 1.165) is 13.0 Å². The molecule has 1 fully saturated rings. The summed E-state index contributed by atoms with van der Waals surface area (Å²) in [4.78, 5) is 25.1. The molecule has 2 rings (SSSR count). The van der Waals surface area contributed by atoms with Crippen LogP contribution in [0.1, 0.15) is 23.7 Å². The van der Waals surface area contributed by atoms with E-state index in [2.05, 4.69) is 5.32 Å². The Balaban J connectivity index is 0.00000288. The minimum Gasteiger partial charge on any atom is -0.493 e. The number of benzene rings is 1. The lowest BCUT2D eigenvalue weighted by Crippen LogP contribution is -2.34. The first kappa shape index (κ1) is 20.0. The average Bonchev–Trinajstić information content (AvgIpc) is 2.83. The number of rotatable bonds is 5. The fraction of sp³-hybridized carbons (Fsp3) is 0.533. The van der Waals surface area contributed by atoms with Crippen molar-refractivity contribution in [2.24, 2.45) is 0 Å². The first-order valence-electron chi connectivity index (χ1n) is 7.57. The number of carbonyl (C=O) groups excluding carboxylic acids is 1. The summed E-state index contributed by atoms with van der Waals surface area (Å²) in [6.07, 6.45) is 0.814. The van der Waals surface area contributed by atoms with Crippen molar-refractivity contribution < 1.29 is 19.2 Å². The van der Waals surface area contributed by atoms with Crippen molar-refractivity contribution in [1.29, 1.82) is 0 Å². The van der Waals surface area contributed by atoms with Gasteiger partial charge in [-0.2, -0.15) is 0 Å². The molecule has 1 amide bonds. The van der Waals surface area contributed by atoms with Gasteiger partial charge in [0.25, 0.3) is 11.6 Å². The molecule has 1 aromatic rings. The molecule has 1 aliphatic heterocycles. The number of methoxy groups -OCH3 is 1. The maximum absolute atomic E-state index is 12.7. The molecule has 0 spiro atoms. The number of nitrogens with zero attached hydrogens (tertiary/aromatic N) is 2.